The summed E-state index contributed by atoms with van der Waals surface area (Å²) in [6.07, 6.45) is 2.26. The summed E-state index contributed by atoms with van der Waals surface area (Å²) in [4.78, 5) is 0. The van der Waals surface area contributed by atoms with Crippen molar-refractivity contribution in [3.63, 3.8) is 0 Å². The summed E-state index contributed by atoms with van der Waals surface area (Å²) in [5, 5.41) is 0. The van der Waals surface area contributed by atoms with E-state index in [4.69, 9.17) is 0 Å². The summed E-state index contributed by atoms with van der Waals surface area (Å²) in [5.41, 5.74) is 2.83. The Morgan fingerprint density at radius 1 is 0.562 bits per heavy atom. The molecule has 2 heteroatoms. The summed E-state index contributed by atoms with van der Waals surface area (Å²) >= 11 is 0. The van der Waals surface area contributed by atoms with Gasteiger partial charge in [0.15, 0.2) is 0 Å². The topological polar surface area (TPSA) is 0 Å². The molecule has 0 bridgehead atoms. The predicted octanol–water partition coefficient (Wildman–Crippen LogP) is 2.02. The largest absolute Gasteiger partial charge is 0.0622 e. The van der Waals surface area contributed by atoms with Gasteiger partial charge in [-0.3, -0.25) is 0 Å². The molecule has 0 amide bonds. The fourth-order valence-electron chi connectivity index (χ4n) is 1.58. The van der Waals surface area contributed by atoms with E-state index in [0.717, 1.165) is 12.8 Å². The maximum absolute atomic E-state index is 2.18. The normalized spacial score (nSPS) is 8.75. The fraction of sp³-hybridized carbons (Fsp3) is 0.143. The van der Waals surface area contributed by atoms with E-state index >= 15 is 0 Å². The zero-order valence-corrected chi connectivity index (χ0v) is 10.2. The van der Waals surface area contributed by atoms with Crippen LogP contribution in [-0.4, -0.2) is 11.0 Å². The third-order valence-corrected chi connectivity index (χ3v) is 2.39. The molecule has 0 heterocycles. The number of aryl methyl sites for hydroxylation is 2. The molecule has 0 fully saturated rings. The Kier molecular flexibility index (Phi) is 8.18. The predicted molar refractivity (Wildman–Crippen MR) is 71.6 cm³/mol. The summed E-state index contributed by atoms with van der Waals surface area (Å²) in [6, 6.07) is 21.2. The molecule has 0 aromatic heterocycles. The van der Waals surface area contributed by atoms with Gasteiger partial charge in [0.05, 0.1) is 0 Å². The summed E-state index contributed by atoms with van der Waals surface area (Å²) in [7, 11) is 0. The molecule has 0 radical (unpaired) electrons. The smallest absolute Gasteiger partial charge is 0 e. The molecule has 2 aromatic carbocycles. The molecular weight excluding hydrogens is 244 g/mol. The molecule has 2 aromatic rings. The molecule has 0 spiro atoms. The van der Waals surface area contributed by atoms with E-state index in [1.807, 2.05) is 0 Å². The third kappa shape index (κ3) is 4.93. The van der Waals surface area contributed by atoms with Crippen molar-refractivity contribution in [1.29, 1.82) is 0 Å². The minimum atomic E-state index is 0. The number of rotatable bonds is 3. The van der Waals surface area contributed by atoms with Crippen LogP contribution in [0.1, 0.15) is 11.1 Å². The van der Waals surface area contributed by atoms with Crippen LogP contribution in [0.5, 0.6) is 0 Å². The standard InChI is InChI=1S/C14H14.H4Si.Ti/c1-3-7-13(8-4-1)11-12-14-9-5-2-6-10-14;;/h1-10H,11-12H2;1H4;. The van der Waals surface area contributed by atoms with Crippen molar-refractivity contribution in [1.82, 2.24) is 0 Å². The van der Waals surface area contributed by atoms with Gasteiger partial charge < -0.3 is 0 Å². The van der Waals surface area contributed by atoms with E-state index in [-0.39, 0.29) is 32.7 Å². The van der Waals surface area contributed by atoms with Crippen LogP contribution in [0, 0.1) is 0 Å². The SMILES string of the molecule is [SiH4].[Ti].c1ccc(CCc2ccccc2)cc1. The molecule has 2 rings (SSSR count). The van der Waals surface area contributed by atoms with E-state index in [9.17, 15) is 0 Å². The maximum atomic E-state index is 2.18. The fourth-order valence-corrected chi connectivity index (χ4v) is 1.58. The van der Waals surface area contributed by atoms with Crippen LogP contribution >= 0.6 is 0 Å². The van der Waals surface area contributed by atoms with Crippen LogP contribution in [-0.2, 0) is 34.6 Å². The van der Waals surface area contributed by atoms with Gasteiger partial charge in [-0.25, -0.2) is 0 Å². The minimum absolute atomic E-state index is 0. The van der Waals surface area contributed by atoms with Crippen molar-refractivity contribution in [2.75, 3.05) is 0 Å². The molecule has 0 N–H and O–H groups in total. The van der Waals surface area contributed by atoms with Crippen molar-refractivity contribution >= 4 is 11.0 Å². The molecule has 16 heavy (non-hydrogen) atoms. The van der Waals surface area contributed by atoms with Gasteiger partial charge in [-0.1, -0.05) is 60.7 Å². The monoisotopic (exact) mass is 262 g/mol. The van der Waals surface area contributed by atoms with Crippen molar-refractivity contribution in [2.24, 2.45) is 0 Å². The second-order valence-corrected chi connectivity index (χ2v) is 3.47. The zero-order chi connectivity index (χ0) is 9.64. The Labute approximate surface area is 117 Å². The number of hydrogen-bond donors (Lipinski definition) is 0. The van der Waals surface area contributed by atoms with Crippen molar-refractivity contribution in [3.8, 4) is 0 Å². The molecule has 82 valence electrons. The summed E-state index contributed by atoms with van der Waals surface area (Å²) < 4.78 is 0. The van der Waals surface area contributed by atoms with Crippen LogP contribution < -0.4 is 0 Å². The van der Waals surface area contributed by atoms with Gasteiger partial charge in [-0.05, 0) is 34.9 Å². The average Bonchev–Trinajstić information content (AvgIpc) is 2.29. The maximum Gasteiger partial charge on any atom is 0 e. The van der Waals surface area contributed by atoms with Gasteiger partial charge in [0.25, 0.3) is 0 Å². The first kappa shape index (κ1) is 15.4. The van der Waals surface area contributed by atoms with Gasteiger partial charge >= 0.3 is 0 Å². The molecule has 0 aliphatic rings. The van der Waals surface area contributed by atoms with Crippen LogP contribution in [0.4, 0.5) is 0 Å². The third-order valence-electron chi connectivity index (χ3n) is 2.39. The quantitative estimate of drug-likeness (QED) is 0.742. The van der Waals surface area contributed by atoms with Crippen LogP contribution in [0.25, 0.3) is 0 Å². The Morgan fingerprint density at radius 3 is 1.19 bits per heavy atom. The Bertz CT molecular complexity index is 333. The van der Waals surface area contributed by atoms with E-state index in [2.05, 4.69) is 60.7 Å². The Balaban J connectivity index is 0.00000112. The van der Waals surface area contributed by atoms with Gasteiger partial charge in [0, 0.05) is 21.7 Å². The molecule has 0 aliphatic heterocycles. The van der Waals surface area contributed by atoms with E-state index in [1.54, 1.807) is 0 Å². The zero-order valence-electron chi connectivity index (χ0n) is 8.69. The van der Waals surface area contributed by atoms with Crippen LogP contribution in [0.3, 0.4) is 0 Å². The Morgan fingerprint density at radius 2 is 0.875 bits per heavy atom. The summed E-state index contributed by atoms with van der Waals surface area (Å²) in [5.74, 6) is 0. The molecule has 0 unspecified atom stereocenters. The number of hydrogen-bond acceptors (Lipinski definition) is 0. The van der Waals surface area contributed by atoms with Gasteiger partial charge in [-0.2, -0.15) is 0 Å². The second kappa shape index (κ2) is 8.51. The van der Waals surface area contributed by atoms with Gasteiger partial charge in [-0.15, -0.1) is 0 Å². The molecule has 0 aliphatic carbocycles. The van der Waals surface area contributed by atoms with E-state index in [0.29, 0.717) is 0 Å². The van der Waals surface area contributed by atoms with Crippen molar-refractivity contribution < 1.29 is 21.7 Å². The Hall–Kier alpha value is -0.629. The molecule has 0 atom stereocenters. The van der Waals surface area contributed by atoms with E-state index in [1.165, 1.54) is 11.1 Å². The first-order chi connectivity index (χ1) is 6.95. The minimum Gasteiger partial charge on any atom is -0.0622 e. The van der Waals surface area contributed by atoms with Crippen LogP contribution in [0.15, 0.2) is 60.7 Å². The first-order valence-electron chi connectivity index (χ1n) is 5.03. The van der Waals surface area contributed by atoms with Crippen LogP contribution in [0.2, 0.25) is 0 Å². The molecule has 0 nitrogen and oxygen atoms in total. The van der Waals surface area contributed by atoms with E-state index < -0.39 is 0 Å². The molecular formula is C14H18SiTi. The molecule has 0 saturated heterocycles. The average molecular weight is 262 g/mol. The van der Waals surface area contributed by atoms with Gasteiger partial charge in [0.1, 0.15) is 0 Å². The van der Waals surface area contributed by atoms with Gasteiger partial charge in [0.2, 0.25) is 0 Å². The molecule has 0 saturated carbocycles. The summed E-state index contributed by atoms with van der Waals surface area (Å²) in [6.45, 7) is 0. The number of benzene rings is 2. The van der Waals surface area contributed by atoms with Crippen molar-refractivity contribution in [2.45, 2.75) is 12.8 Å². The van der Waals surface area contributed by atoms with Crippen molar-refractivity contribution in [3.05, 3.63) is 71.8 Å². The second-order valence-electron chi connectivity index (χ2n) is 3.47. The first-order valence-corrected chi connectivity index (χ1v) is 5.03.